The highest BCUT2D eigenvalue weighted by Crippen LogP contribution is 2.30. The largest absolute Gasteiger partial charge is 0.396 e. The summed E-state index contributed by atoms with van der Waals surface area (Å²) in [5.74, 6) is 0. The third kappa shape index (κ3) is 3.26. The molecule has 5 nitrogen and oxygen atoms in total. The van der Waals surface area contributed by atoms with Crippen LogP contribution in [0, 0.1) is 0 Å². The number of rotatable bonds is 2. The van der Waals surface area contributed by atoms with Gasteiger partial charge in [-0.1, -0.05) is 6.08 Å². The van der Waals surface area contributed by atoms with Gasteiger partial charge in [-0.25, -0.2) is 4.99 Å². The van der Waals surface area contributed by atoms with Crippen molar-refractivity contribution in [1.82, 2.24) is 10.3 Å². The Morgan fingerprint density at radius 1 is 1.11 bits per heavy atom. The topological polar surface area (TPSA) is 72.8 Å². The minimum absolute atomic E-state index is 0.0995. The maximum atomic E-state index is 9.59. The summed E-state index contributed by atoms with van der Waals surface area (Å²) in [7, 11) is 0. The van der Waals surface area contributed by atoms with Crippen molar-refractivity contribution >= 4 is 23.6 Å². The molecule has 5 heteroatoms. The predicted molar refractivity (Wildman–Crippen MR) is 109 cm³/mol. The Morgan fingerprint density at radius 3 is 2.81 bits per heavy atom. The zero-order valence-corrected chi connectivity index (χ0v) is 15.0. The molecule has 0 aliphatic carbocycles. The molecule has 5 heterocycles. The van der Waals surface area contributed by atoms with Crippen LogP contribution in [-0.4, -0.2) is 39.7 Å². The molecule has 5 rings (SSSR count). The number of aliphatic imine (C=N–C) groups is 2. The molecule has 136 valence electrons. The molecule has 1 fully saturated rings. The second-order valence-corrected chi connectivity index (χ2v) is 7.41. The zero-order chi connectivity index (χ0) is 18.3. The third-order valence-electron chi connectivity index (χ3n) is 5.30. The lowest BCUT2D eigenvalue weighted by Gasteiger charge is -2.20. The van der Waals surface area contributed by atoms with E-state index in [4.69, 9.17) is 9.98 Å². The highest BCUT2D eigenvalue weighted by atomic mass is 16.3. The first-order chi connectivity index (χ1) is 13.2. The van der Waals surface area contributed by atoms with Gasteiger partial charge in [0.05, 0.1) is 17.1 Å². The highest BCUT2D eigenvalue weighted by molar-refractivity contribution is 6.19. The van der Waals surface area contributed by atoms with Gasteiger partial charge >= 0.3 is 0 Å². The summed E-state index contributed by atoms with van der Waals surface area (Å²) in [4.78, 5) is 13.0. The third-order valence-corrected chi connectivity index (χ3v) is 5.30. The van der Waals surface area contributed by atoms with E-state index in [2.05, 4.69) is 40.7 Å². The van der Waals surface area contributed by atoms with Gasteiger partial charge < -0.3 is 15.4 Å². The van der Waals surface area contributed by atoms with E-state index in [0.29, 0.717) is 6.42 Å². The van der Waals surface area contributed by atoms with E-state index < -0.39 is 5.54 Å². The number of aliphatic hydroxyl groups is 1. The molecule has 2 unspecified atom stereocenters. The fraction of sp³-hybridized carbons (Fsp3) is 0.273. The van der Waals surface area contributed by atoms with Crippen LogP contribution in [-0.2, 0) is 0 Å². The summed E-state index contributed by atoms with van der Waals surface area (Å²) in [6, 6.07) is 4.37. The summed E-state index contributed by atoms with van der Waals surface area (Å²) in [6.45, 7) is 0.0995. The zero-order valence-electron chi connectivity index (χ0n) is 15.0. The second kappa shape index (κ2) is 6.35. The van der Waals surface area contributed by atoms with Crippen molar-refractivity contribution < 1.29 is 5.11 Å². The summed E-state index contributed by atoms with van der Waals surface area (Å²) >= 11 is 0. The Balaban J connectivity index is 1.65. The number of aromatic nitrogens is 1. The molecule has 0 radical (unpaired) electrons. The minimum Gasteiger partial charge on any atom is -0.396 e. The number of fused-ring (bicyclic) bond motifs is 6. The van der Waals surface area contributed by atoms with Crippen LogP contribution in [0.25, 0.3) is 12.2 Å². The number of aliphatic hydroxyl groups excluding tert-OH is 1. The fourth-order valence-electron chi connectivity index (χ4n) is 4.02. The lowest BCUT2D eigenvalue weighted by Crippen LogP contribution is -2.25. The first-order valence-electron chi connectivity index (χ1n) is 9.45. The molecule has 1 aromatic rings. The van der Waals surface area contributed by atoms with E-state index >= 15 is 0 Å². The van der Waals surface area contributed by atoms with Gasteiger partial charge in [-0.15, -0.1) is 0 Å². The summed E-state index contributed by atoms with van der Waals surface area (Å²) < 4.78 is 0. The lowest BCUT2D eigenvalue weighted by atomic mass is 9.95. The van der Waals surface area contributed by atoms with E-state index in [0.717, 1.165) is 40.7 Å². The summed E-state index contributed by atoms with van der Waals surface area (Å²) in [6.07, 6.45) is 19.3. The van der Waals surface area contributed by atoms with Crippen molar-refractivity contribution in [2.45, 2.75) is 30.8 Å². The predicted octanol–water partition coefficient (Wildman–Crippen LogP) is 1.25. The van der Waals surface area contributed by atoms with Crippen molar-refractivity contribution in [2.75, 3.05) is 6.61 Å². The van der Waals surface area contributed by atoms with Crippen LogP contribution < -0.4 is 16.0 Å². The molecular weight excluding hydrogens is 336 g/mol. The molecule has 4 aliphatic rings. The average molecular weight is 358 g/mol. The Labute approximate surface area is 157 Å². The van der Waals surface area contributed by atoms with Crippen LogP contribution in [0.15, 0.2) is 70.0 Å². The van der Waals surface area contributed by atoms with Crippen LogP contribution in [0.1, 0.15) is 19.3 Å². The number of hydrogen-bond donors (Lipinski definition) is 3. The summed E-state index contributed by atoms with van der Waals surface area (Å²) in [5.41, 5.74) is 3.58. The van der Waals surface area contributed by atoms with E-state index in [1.165, 1.54) is 5.70 Å². The first kappa shape index (κ1) is 16.3. The monoisotopic (exact) mass is 358 g/mol. The number of aromatic amines is 1. The molecule has 0 spiro atoms. The number of H-pyrrole nitrogens is 1. The minimum atomic E-state index is -0.470. The van der Waals surface area contributed by atoms with Gasteiger partial charge in [-0.2, -0.15) is 0 Å². The first-order valence-corrected chi connectivity index (χ1v) is 9.45. The molecule has 4 aliphatic heterocycles. The van der Waals surface area contributed by atoms with Crippen molar-refractivity contribution in [3.05, 3.63) is 70.7 Å². The van der Waals surface area contributed by atoms with Gasteiger partial charge in [0.1, 0.15) is 5.54 Å². The second-order valence-electron chi connectivity index (χ2n) is 7.41. The van der Waals surface area contributed by atoms with Gasteiger partial charge in [0.2, 0.25) is 0 Å². The fourth-order valence-corrected chi connectivity index (χ4v) is 4.02. The van der Waals surface area contributed by atoms with Crippen LogP contribution in [0.5, 0.6) is 0 Å². The number of nitrogens with zero attached hydrogens (tertiary/aromatic N) is 2. The van der Waals surface area contributed by atoms with Gasteiger partial charge in [0.15, 0.2) is 0 Å². The average Bonchev–Trinajstić information content (AvgIpc) is 3.40. The number of hydrogen-bond acceptors (Lipinski definition) is 4. The summed E-state index contributed by atoms with van der Waals surface area (Å²) in [5, 5.41) is 15.2. The van der Waals surface area contributed by atoms with E-state index in [1.807, 2.05) is 30.4 Å². The molecule has 1 aromatic heterocycles. The SMILES string of the molecule is OCCC12C=CC(=N1)C=c1ccc([nH]1)=CC1=NC(=CC3CCC(=C2)N3)C=C1. The standard InChI is InChI=1S/C22H22N4O/c27-10-9-22-8-7-20(26-22)13-19-4-3-16(24-19)11-15-1-2-17(23-15)12-18-5-6-21(14-22)25-18/h1-4,7-8,11-14,18,24-25,27H,5-6,9-10H2. The maximum absolute atomic E-state index is 9.59. The molecule has 1 saturated heterocycles. The van der Waals surface area contributed by atoms with Crippen LogP contribution in [0.3, 0.4) is 0 Å². The van der Waals surface area contributed by atoms with Gasteiger partial charge in [-0.3, -0.25) is 4.99 Å². The molecule has 8 bridgehead atoms. The van der Waals surface area contributed by atoms with Crippen LogP contribution >= 0.6 is 0 Å². The Kier molecular flexibility index (Phi) is 3.83. The molecule has 0 saturated carbocycles. The normalized spacial score (nSPS) is 28.0. The van der Waals surface area contributed by atoms with Crippen molar-refractivity contribution in [3.8, 4) is 0 Å². The molecule has 27 heavy (non-hydrogen) atoms. The van der Waals surface area contributed by atoms with E-state index in [-0.39, 0.29) is 12.6 Å². The number of allylic oxidation sites excluding steroid dienone is 4. The Bertz CT molecular complexity index is 1080. The van der Waals surface area contributed by atoms with Crippen molar-refractivity contribution in [1.29, 1.82) is 0 Å². The molecule has 3 N–H and O–H groups in total. The van der Waals surface area contributed by atoms with Gasteiger partial charge in [-0.05, 0) is 67.5 Å². The maximum Gasteiger partial charge on any atom is 0.102 e. The molecular formula is C22H22N4O. The number of nitrogens with one attached hydrogen (secondary N) is 2. The molecule has 0 aromatic carbocycles. The highest BCUT2D eigenvalue weighted by Gasteiger charge is 2.29. The molecule has 0 amide bonds. The van der Waals surface area contributed by atoms with Gasteiger partial charge in [0.25, 0.3) is 0 Å². The Hall–Kier alpha value is -2.92. The smallest absolute Gasteiger partial charge is 0.102 e. The van der Waals surface area contributed by atoms with Crippen LogP contribution in [0.4, 0.5) is 0 Å². The van der Waals surface area contributed by atoms with Gasteiger partial charge in [0, 0.05) is 35.5 Å². The van der Waals surface area contributed by atoms with E-state index in [1.54, 1.807) is 0 Å². The van der Waals surface area contributed by atoms with Crippen LogP contribution in [0.2, 0.25) is 0 Å². The van der Waals surface area contributed by atoms with Crippen molar-refractivity contribution in [3.63, 3.8) is 0 Å². The Morgan fingerprint density at radius 2 is 1.96 bits per heavy atom. The van der Waals surface area contributed by atoms with Crippen molar-refractivity contribution in [2.24, 2.45) is 9.98 Å². The quantitative estimate of drug-likeness (QED) is 0.745. The lowest BCUT2D eigenvalue weighted by molar-refractivity contribution is 0.271. The molecule has 2 atom stereocenters. The van der Waals surface area contributed by atoms with E-state index in [9.17, 15) is 5.11 Å².